The number of morpholine rings is 1. The molecule has 0 aliphatic carbocycles. The minimum Gasteiger partial charge on any atom is -0.379 e. The summed E-state index contributed by atoms with van der Waals surface area (Å²) in [4.78, 5) is 6.89. The third-order valence-electron chi connectivity index (χ3n) is 5.32. The number of hydrogen-bond acceptors (Lipinski definition) is 4. The number of imidazole rings is 1. The minimum absolute atomic E-state index is 0.345. The molecule has 0 radical (unpaired) electrons. The van der Waals surface area contributed by atoms with E-state index in [0.29, 0.717) is 6.04 Å². The highest BCUT2D eigenvalue weighted by atomic mass is 16.5. The number of aromatic nitrogens is 4. The van der Waals surface area contributed by atoms with Crippen LogP contribution < -0.4 is 0 Å². The maximum Gasteiger partial charge on any atom is 0.0953 e. The smallest absolute Gasteiger partial charge is 0.0953 e. The fourth-order valence-corrected chi connectivity index (χ4v) is 3.72. The van der Waals surface area contributed by atoms with E-state index in [4.69, 9.17) is 4.74 Å². The molecule has 0 saturated carbocycles. The first kappa shape index (κ1) is 17.9. The van der Waals surface area contributed by atoms with E-state index < -0.39 is 0 Å². The van der Waals surface area contributed by atoms with Crippen LogP contribution in [0.25, 0.3) is 11.3 Å². The predicted molar refractivity (Wildman–Crippen MR) is 106 cm³/mol. The summed E-state index contributed by atoms with van der Waals surface area (Å²) >= 11 is 0. The maximum atomic E-state index is 5.46. The zero-order chi connectivity index (χ0) is 18.6. The summed E-state index contributed by atoms with van der Waals surface area (Å²) in [6.07, 6.45) is 5.86. The van der Waals surface area contributed by atoms with Crippen molar-refractivity contribution in [2.24, 2.45) is 0 Å². The highest BCUT2D eigenvalue weighted by Crippen LogP contribution is 2.26. The SMILES string of the molecule is Cc1c(-c2cncn2[C@H](C)CN2CCOCC2)cnn1Cc1ccccc1. The molecule has 1 aliphatic rings. The first-order chi connectivity index (χ1) is 13.2. The van der Waals surface area contributed by atoms with Gasteiger partial charge in [-0.05, 0) is 19.4 Å². The Morgan fingerprint density at radius 3 is 2.67 bits per heavy atom. The van der Waals surface area contributed by atoms with Crippen LogP contribution in [0.4, 0.5) is 0 Å². The Morgan fingerprint density at radius 1 is 1.11 bits per heavy atom. The summed E-state index contributed by atoms with van der Waals surface area (Å²) in [6.45, 7) is 9.84. The molecule has 0 bridgehead atoms. The predicted octanol–water partition coefficient (Wildman–Crippen LogP) is 3.00. The monoisotopic (exact) mass is 365 g/mol. The standard InChI is InChI=1S/C21H27N5O/c1-17(14-24-8-10-27-11-9-24)25-16-22-13-21(25)20-12-23-26(18(20)2)15-19-6-4-3-5-7-19/h3-7,12-13,16-17H,8-11,14-15H2,1-2H3/t17-/m1/s1. The van der Waals surface area contributed by atoms with Gasteiger partial charge in [-0.3, -0.25) is 9.58 Å². The van der Waals surface area contributed by atoms with Crippen molar-refractivity contribution in [1.29, 1.82) is 0 Å². The second kappa shape index (κ2) is 8.06. The molecule has 0 amide bonds. The van der Waals surface area contributed by atoms with Gasteiger partial charge >= 0.3 is 0 Å². The van der Waals surface area contributed by atoms with Crippen LogP contribution >= 0.6 is 0 Å². The summed E-state index contributed by atoms with van der Waals surface area (Å²) in [5.74, 6) is 0. The van der Waals surface area contributed by atoms with Gasteiger partial charge in [-0.2, -0.15) is 5.10 Å². The molecule has 142 valence electrons. The number of benzene rings is 1. The van der Waals surface area contributed by atoms with Crippen LogP contribution in [0.1, 0.15) is 24.2 Å². The lowest BCUT2D eigenvalue weighted by atomic mass is 10.1. The van der Waals surface area contributed by atoms with Gasteiger partial charge < -0.3 is 9.30 Å². The summed E-state index contributed by atoms with van der Waals surface area (Å²) < 4.78 is 9.79. The van der Waals surface area contributed by atoms with E-state index in [1.54, 1.807) is 0 Å². The van der Waals surface area contributed by atoms with E-state index in [2.05, 4.69) is 62.3 Å². The number of rotatable bonds is 6. The second-order valence-corrected chi connectivity index (χ2v) is 7.24. The van der Waals surface area contributed by atoms with Crippen LogP contribution in [-0.2, 0) is 11.3 Å². The summed E-state index contributed by atoms with van der Waals surface area (Å²) in [7, 11) is 0. The van der Waals surface area contributed by atoms with Crippen molar-refractivity contribution in [3.63, 3.8) is 0 Å². The molecule has 0 spiro atoms. The number of ether oxygens (including phenoxy) is 1. The molecular formula is C21H27N5O. The Bertz CT molecular complexity index is 864. The molecule has 3 aromatic rings. The largest absolute Gasteiger partial charge is 0.379 e. The number of nitrogens with zero attached hydrogens (tertiary/aromatic N) is 5. The van der Waals surface area contributed by atoms with Gasteiger partial charge in [-0.1, -0.05) is 30.3 Å². The number of hydrogen-bond donors (Lipinski definition) is 0. The topological polar surface area (TPSA) is 48.1 Å². The average Bonchev–Trinajstić information content (AvgIpc) is 3.31. The lowest BCUT2D eigenvalue weighted by Crippen LogP contribution is -2.39. The molecule has 6 heteroatoms. The summed E-state index contributed by atoms with van der Waals surface area (Å²) in [5, 5.41) is 4.63. The lowest BCUT2D eigenvalue weighted by molar-refractivity contribution is 0.0326. The molecule has 1 saturated heterocycles. The highest BCUT2D eigenvalue weighted by molar-refractivity contribution is 5.61. The van der Waals surface area contributed by atoms with Crippen molar-refractivity contribution < 1.29 is 4.74 Å². The van der Waals surface area contributed by atoms with Crippen molar-refractivity contribution in [2.45, 2.75) is 26.4 Å². The molecule has 2 aromatic heterocycles. The van der Waals surface area contributed by atoms with Gasteiger partial charge in [0.25, 0.3) is 0 Å². The van der Waals surface area contributed by atoms with E-state index in [1.807, 2.05) is 24.8 Å². The molecule has 1 fully saturated rings. The van der Waals surface area contributed by atoms with Gasteiger partial charge in [0.15, 0.2) is 0 Å². The Labute approximate surface area is 160 Å². The Hall–Kier alpha value is -2.44. The molecule has 0 unspecified atom stereocenters. The fourth-order valence-electron chi connectivity index (χ4n) is 3.72. The van der Waals surface area contributed by atoms with Gasteiger partial charge in [0.2, 0.25) is 0 Å². The molecule has 3 heterocycles. The Balaban J connectivity index is 1.53. The van der Waals surface area contributed by atoms with E-state index in [-0.39, 0.29) is 0 Å². The first-order valence-electron chi connectivity index (χ1n) is 9.61. The van der Waals surface area contributed by atoms with Crippen LogP contribution in [0, 0.1) is 6.92 Å². The van der Waals surface area contributed by atoms with Crippen molar-refractivity contribution in [1.82, 2.24) is 24.2 Å². The average molecular weight is 365 g/mol. The van der Waals surface area contributed by atoms with E-state index in [0.717, 1.165) is 50.7 Å². The van der Waals surface area contributed by atoms with E-state index in [9.17, 15) is 0 Å². The van der Waals surface area contributed by atoms with Gasteiger partial charge in [0.05, 0.1) is 44.2 Å². The van der Waals surface area contributed by atoms with Crippen molar-refractivity contribution in [3.05, 3.63) is 60.3 Å². The molecule has 1 aromatic carbocycles. The van der Waals surface area contributed by atoms with Crippen LogP contribution in [0.3, 0.4) is 0 Å². The highest BCUT2D eigenvalue weighted by Gasteiger charge is 2.19. The van der Waals surface area contributed by atoms with E-state index >= 15 is 0 Å². The maximum absolute atomic E-state index is 5.46. The fraction of sp³-hybridized carbons (Fsp3) is 0.429. The molecule has 27 heavy (non-hydrogen) atoms. The quantitative estimate of drug-likeness (QED) is 0.674. The van der Waals surface area contributed by atoms with Gasteiger partial charge in [0.1, 0.15) is 0 Å². The minimum atomic E-state index is 0.345. The van der Waals surface area contributed by atoms with E-state index in [1.165, 1.54) is 11.3 Å². The third-order valence-corrected chi connectivity index (χ3v) is 5.32. The van der Waals surface area contributed by atoms with Crippen LogP contribution in [-0.4, -0.2) is 57.1 Å². The molecule has 1 aliphatic heterocycles. The van der Waals surface area contributed by atoms with Gasteiger partial charge in [-0.25, -0.2) is 4.98 Å². The normalized spacial score (nSPS) is 16.5. The van der Waals surface area contributed by atoms with Crippen molar-refractivity contribution >= 4 is 0 Å². The summed E-state index contributed by atoms with van der Waals surface area (Å²) in [6, 6.07) is 10.8. The summed E-state index contributed by atoms with van der Waals surface area (Å²) in [5.41, 5.74) is 4.70. The third kappa shape index (κ3) is 3.96. The lowest BCUT2D eigenvalue weighted by Gasteiger charge is -2.30. The molecule has 1 atom stereocenters. The zero-order valence-corrected chi connectivity index (χ0v) is 16.1. The van der Waals surface area contributed by atoms with Crippen molar-refractivity contribution in [2.75, 3.05) is 32.8 Å². The van der Waals surface area contributed by atoms with Gasteiger partial charge in [0, 0.05) is 36.9 Å². The van der Waals surface area contributed by atoms with Gasteiger partial charge in [-0.15, -0.1) is 0 Å². The first-order valence-corrected chi connectivity index (χ1v) is 9.61. The zero-order valence-electron chi connectivity index (χ0n) is 16.1. The van der Waals surface area contributed by atoms with Crippen LogP contribution in [0.2, 0.25) is 0 Å². The Morgan fingerprint density at radius 2 is 1.89 bits per heavy atom. The van der Waals surface area contributed by atoms with Crippen LogP contribution in [0.15, 0.2) is 49.1 Å². The molecule has 6 nitrogen and oxygen atoms in total. The van der Waals surface area contributed by atoms with Crippen molar-refractivity contribution in [3.8, 4) is 11.3 Å². The molecule has 0 N–H and O–H groups in total. The molecule has 4 rings (SSSR count). The van der Waals surface area contributed by atoms with Crippen LogP contribution in [0.5, 0.6) is 0 Å². The second-order valence-electron chi connectivity index (χ2n) is 7.24. The molecular weight excluding hydrogens is 338 g/mol. The Kier molecular flexibility index (Phi) is 5.36.